The molecule has 4 heteroatoms. The molecule has 1 aromatic heterocycles. The average molecular weight is 361 g/mol. The Kier molecular flexibility index (Phi) is 6.32. The van der Waals surface area contributed by atoms with Crippen LogP contribution in [0.2, 0.25) is 0 Å². The zero-order chi connectivity index (χ0) is 13.7. The SMILES string of the molecule is CCC(CC)c1nc(CC(C)C)c(I)c(NC)n1. The molecule has 1 N–H and O–H groups in total. The number of aromatic nitrogens is 2. The quantitative estimate of drug-likeness (QED) is 0.771. The maximum absolute atomic E-state index is 4.80. The van der Waals surface area contributed by atoms with Crippen molar-refractivity contribution < 1.29 is 0 Å². The van der Waals surface area contributed by atoms with Gasteiger partial charge >= 0.3 is 0 Å². The number of hydrogen-bond acceptors (Lipinski definition) is 3. The summed E-state index contributed by atoms with van der Waals surface area (Å²) in [5.74, 6) is 3.07. The monoisotopic (exact) mass is 361 g/mol. The highest BCUT2D eigenvalue weighted by Crippen LogP contribution is 2.26. The molecule has 0 amide bonds. The van der Waals surface area contributed by atoms with E-state index in [1.54, 1.807) is 0 Å². The second-order valence-corrected chi connectivity index (χ2v) is 6.13. The van der Waals surface area contributed by atoms with Crippen LogP contribution < -0.4 is 5.32 Å². The Bertz CT molecular complexity index is 387. The van der Waals surface area contributed by atoms with Crippen LogP contribution >= 0.6 is 22.6 Å². The Balaban J connectivity index is 3.20. The lowest BCUT2D eigenvalue weighted by Crippen LogP contribution is -2.12. The van der Waals surface area contributed by atoms with Crippen LogP contribution in [-0.2, 0) is 6.42 Å². The minimum atomic E-state index is 0.472. The first-order valence-corrected chi connectivity index (χ1v) is 7.85. The molecule has 1 rings (SSSR count). The summed E-state index contributed by atoms with van der Waals surface area (Å²) in [5, 5.41) is 3.19. The van der Waals surface area contributed by atoms with Gasteiger partial charge in [-0.3, -0.25) is 0 Å². The van der Waals surface area contributed by atoms with Gasteiger partial charge in [0.05, 0.1) is 9.26 Å². The molecule has 102 valence electrons. The molecule has 0 bridgehead atoms. The van der Waals surface area contributed by atoms with E-state index in [2.05, 4.69) is 60.6 Å². The van der Waals surface area contributed by atoms with Gasteiger partial charge in [-0.2, -0.15) is 0 Å². The largest absolute Gasteiger partial charge is 0.372 e. The number of hydrogen-bond donors (Lipinski definition) is 1. The van der Waals surface area contributed by atoms with Gasteiger partial charge in [-0.1, -0.05) is 27.7 Å². The Labute approximate surface area is 124 Å². The Morgan fingerprint density at radius 2 is 1.78 bits per heavy atom. The van der Waals surface area contributed by atoms with Crippen LogP contribution in [0.3, 0.4) is 0 Å². The van der Waals surface area contributed by atoms with Crippen molar-refractivity contribution >= 4 is 28.4 Å². The van der Waals surface area contributed by atoms with Crippen molar-refractivity contribution in [2.24, 2.45) is 5.92 Å². The molecule has 0 radical (unpaired) electrons. The van der Waals surface area contributed by atoms with Gasteiger partial charge in [0, 0.05) is 13.0 Å². The minimum Gasteiger partial charge on any atom is -0.372 e. The first kappa shape index (κ1) is 15.7. The zero-order valence-electron chi connectivity index (χ0n) is 12.0. The van der Waals surface area contributed by atoms with E-state index in [9.17, 15) is 0 Å². The molecular formula is C14H24IN3. The Morgan fingerprint density at radius 1 is 1.17 bits per heavy atom. The molecular weight excluding hydrogens is 337 g/mol. The fourth-order valence-electron chi connectivity index (χ4n) is 2.04. The molecule has 0 saturated carbocycles. The van der Waals surface area contributed by atoms with E-state index in [1.807, 2.05) is 7.05 Å². The Morgan fingerprint density at radius 3 is 2.22 bits per heavy atom. The van der Waals surface area contributed by atoms with Crippen LogP contribution in [0.4, 0.5) is 5.82 Å². The highest BCUT2D eigenvalue weighted by Gasteiger charge is 2.17. The summed E-state index contributed by atoms with van der Waals surface area (Å²) in [7, 11) is 1.93. The minimum absolute atomic E-state index is 0.472. The summed E-state index contributed by atoms with van der Waals surface area (Å²) in [6, 6.07) is 0. The van der Waals surface area contributed by atoms with E-state index in [0.717, 1.165) is 30.9 Å². The van der Waals surface area contributed by atoms with Crippen molar-refractivity contribution in [3.63, 3.8) is 0 Å². The smallest absolute Gasteiger partial charge is 0.143 e. The van der Waals surface area contributed by atoms with E-state index >= 15 is 0 Å². The maximum Gasteiger partial charge on any atom is 0.143 e. The second-order valence-electron chi connectivity index (χ2n) is 5.05. The van der Waals surface area contributed by atoms with Crippen molar-refractivity contribution in [1.82, 2.24) is 9.97 Å². The third kappa shape index (κ3) is 3.80. The first-order chi connectivity index (χ1) is 8.53. The first-order valence-electron chi connectivity index (χ1n) is 6.77. The lowest BCUT2D eigenvalue weighted by Gasteiger charge is -2.16. The third-order valence-corrected chi connectivity index (χ3v) is 4.26. The molecule has 18 heavy (non-hydrogen) atoms. The molecule has 0 unspecified atom stereocenters. The number of halogens is 1. The summed E-state index contributed by atoms with van der Waals surface area (Å²) >= 11 is 2.35. The molecule has 0 aliphatic rings. The van der Waals surface area contributed by atoms with Crippen molar-refractivity contribution in [1.29, 1.82) is 0 Å². The average Bonchev–Trinajstić information content (AvgIpc) is 2.33. The van der Waals surface area contributed by atoms with E-state index in [-0.39, 0.29) is 0 Å². The molecule has 0 aromatic carbocycles. The highest BCUT2D eigenvalue weighted by molar-refractivity contribution is 14.1. The van der Waals surface area contributed by atoms with Gasteiger partial charge in [0.2, 0.25) is 0 Å². The summed E-state index contributed by atoms with van der Waals surface area (Å²) < 4.78 is 1.17. The lowest BCUT2D eigenvalue weighted by atomic mass is 10.0. The van der Waals surface area contributed by atoms with Crippen LogP contribution in [0.25, 0.3) is 0 Å². The molecule has 1 heterocycles. The summed E-state index contributed by atoms with van der Waals surface area (Å²) in [6.07, 6.45) is 3.21. The molecule has 0 aliphatic heterocycles. The van der Waals surface area contributed by atoms with Gasteiger partial charge in [-0.15, -0.1) is 0 Å². The third-order valence-electron chi connectivity index (χ3n) is 3.13. The van der Waals surface area contributed by atoms with Crippen molar-refractivity contribution in [3.8, 4) is 0 Å². The summed E-state index contributed by atoms with van der Waals surface area (Å²) in [4.78, 5) is 9.48. The van der Waals surface area contributed by atoms with Crippen molar-refractivity contribution in [2.45, 2.75) is 52.9 Å². The van der Waals surface area contributed by atoms with Gasteiger partial charge in [0.15, 0.2) is 0 Å². The number of anilines is 1. The Hall–Kier alpha value is -0.390. The van der Waals surface area contributed by atoms with Gasteiger partial charge in [-0.05, 0) is 47.8 Å². The molecule has 0 aliphatic carbocycles. The van der Waals surface area contributed by atoms with Gasteiger partial charge < -0.3 is 5.32 Å². The summed E-state index contributed by atoms with van der Waals surface area (Å²) in [6.45, 7) is 8.87. The van der Waals surface area contributed by atoms with E-state index in [4.69, 9.17) is 4.98 Å². The topological polar surface area (TPSA) is 37.8 Å². The van der Waals surface area contributed by atoms with Gasteiger partial charge in [0.1, 0.15) is 11.6 Å². The maximum atomic E-state index is 4.80. The van der Waals surface area contributed by atoms with Crippen molar-refractivity contribution in [2.75, 3.05) is 12.4 Å². The highest BCUT2D eigenvalue weighted by atomic mass is 127. The predicted octanol–water partition coefficient (Wildman–Crippen LogP) is 4.23. The lowest BCUT2D eigenvalue weighted by molar-refractivity contribution is 0.582. The molecule has 0 saturated heterocycles. The van der Waals surface area contributed by atoms with Crippen molar-refractivity contribution in [3.05, 3.63) is 15.1 Å². The molecule has 0 spiro atoms. The molecule has 0 fully saturated rings. The van der Waals surface area contributed by atoms with Crippen LogP contribution in [0, 0.1) is 9.49 Å². The molecule has 3 nitrogen and oxygen atoms in total. The van der Waals surface area contributed by atoms with Crippen LogP contribution in [0.15, 0.2) is 0 Å². The second kappa shape index (κ2) is 7.26. The fraction of sp³-hybridized carbons (Fsp3) is 0.714. The van der Waals surface area contributed by atoms with Crippen LogP contribution in [0.1, 0.15) is 58.0 Å². The number of nitrogens with one attached hydrogen (secondary N) is 1. The number of rotatable bonds is 6. The zero-order valence-corrected chi connectivity index (χ0v) is 14.2. The fourth-order valence-corrected chi connectivity index (χ4v) is 2.77. The molecule has 0 atom stereocenters. The standard InChI is InChI=1S/C14H24IN3/c1-6-10(7-2)13-17-11(8-9(3)4)12(15)14(16-5)18-13/h9-10H,6-8H2,1-5H3,(H,16,17,18). The van der Waals surface area contributed by atoms with E-state index < -0.39 is 0 Å². The normalized spacial score (nSPS) is 11.3. The predicted molar refractivity (Wildman–Crippen MR) is 86.2 cm³/mol. The summed E-state index contributed by atoms with van der Waals surface area (Å²) in [5.41, 5.74) is 1.19. The van der Waals surface area contributed by atoms with Gasteiger partial charge in [-0.25, -0.2) is 9.97 Å². The van der Waals surface area contributed by atoms with Crippen LogP contribution in [-0.4, -0.2) is 17.0 Å². The molecule has 1 aromatic rings. The van der Waals surface area contributed by atoms with E-state index in [0.29, 0.717) is 11.8 Å². The van der Waals surface area contributed by atoms with Crippen LogP contribution in [0.5, 0.6) is 0 Å². The number of nitrogens with zero attached hydrogens (tertiary/aromatic N) is 2. The van der Waals surface area contributed by atoms with Gasteiger partial charge in [0.25, 0.3) is 0 Å². The van der Waals surface area contributed by atoms with E-state index in [1.165, 1.54) is 9.26 Å².